The Morgan fingerprint density at radius 2 is 1.69 bits per heavy atom. The highest BCUT2D eigenvalue weighted by Crippen LogP contribution is 2.35. The minimum absolute atomic E-state index is 0.152. The number of carbonyl (C=O) groups excluding carboxylic acids is 2. The molecule has 0 unspecified atom stereocenters. The normalized spacial score (nSPS) is 14.4. The number of benzene rings is 3. The van der Waals surface area contributed by atoms with Crippen LogP contribution in [-0.2, 0) is 16.0 Å². The van der Waals surface area contributed by atoms with Crippen LogP contribution in [-0.4, -0.2) is 43.1 Å². The largest absolute Gasteiger partial charge is 0.378 e. The zero-order valence-electron chi connectivity index (χ0n) is 21.0. The van der Waals surface area contributed by atoms with E-state index in [0.717, 1.165) is 48.8 Å². The Kier molecular flexibility index (Phi) is 6.64. The molecule has 196 valence electrons. The van der Waals surface area contributed by atoms with Gasteiger partial charge in [0.05, 0.1) is 42.3 Å². The maximum atomic E-state index is 13.6. The summed E-state index contributed by atoms with van der Waals surface area (Å²) in [6, 6.07) is 21.6. The van der Waals surface area contributed by atoms with Crippen LogP contribution in [0.4, 0.5) is 32.8 Å². The molecule has 1 fully saturated rings. The van der Waals surface area contributed by atoms with Gasteiger partial charge in [-0.2, -0.15) is 4.39 Å². The number of amides is 2. The van der Waals surface area contributed by atoms with E-state index in [-0.39, 0.29) is 18.2 Å². The van der Waals surface area contributed by atoms with Gasteiger partial charge < -0.3 is 25.6 Å². The predicted molar refractivity (Wildman–Crippen MR) is 149 cm³/mol. The molecule has 4 aromatic rings. The first-order valence-electron chi connectivity index (χ1n) is 12.7. The number of halogens is 1. The molecule has 6 rings (SSSR count). The molecule has 0 saturated carbocycles. The zero-order valence-corrected chi connectivity index (χ0v) is 21.0. The summed E-state index contributed by atoms with van der Waals surface area (Å²) >= 11 is 0. The highest BCUT2D eigenvalue weighted by Gasteiger charge is 2.20. The van der Waals surface area contributed by atoms with Gasteiger partial charge in [-0.25, -0.2) is 4.98 Å². The summed E-state index contributed by atoms with van der Waals surface area (Å²) in [5.41, 5.74) is 6.34. The first kappa shape index (κ1) is 24.6. The van der Waals surface area contributed by atoms with Gasteiger partial charge in [-0.05, 0) is 71.3 Å². The molecule has 39 heavy (non-hydrogen) atoms. The number of rotatable bonds is 5. The minimum Gasteiger partial charge on any atom is -0.378 e. The van der Waals surface area contributed by atoms with Crippen molar-refractivity contribution in [2.24, 2.45) is 0 Å². The van der Waals surface area contributed by atoms with E-state index >= 15 is 0 Å². The van der Waals surface area contributed by atoms with Crippen molar-refractivity contribution in [1.29, 1.82) is 0 Å². The third kappa shape index (κ3) is 5.44. The summed E-state index contributed by atoms with van der Waals surface area (Å²) in [6.45, 7) is 3.14. The SMILES string of the molecule is O=C(Cc1ccc2c(c1)NC(=O)c1ccc(-c3ccnc(F)c3)cc1N2)Nc1ccc(N2CCOCC2)cc1. The van der Waals surface area contributed by atoms with Crippen molar-refractivity contribution in [3.8, 4) is 11.1 Å². The summed E-state index contributed by atoms with van der Waals surface area (Å²) in [6.07, 6.45) is 1.56. The van der Waals surface area contributed by atoms with Crippen LogP contribution in [0.2, 0.25) is 0 Å². The molecule has 2 aliphatic rings. The van der Waals surface area contributed by atoms with Crippen LogP contribution in [0.15, 0.2) is 79.0 Å². The Labute approximate surface area is 224 Å². The standard InChI is InChI=1S/C30H26FN5O3/c31-28-18-21(9-10-32-28)20-2-7-24-26(17-20)34-25-8-1-19(15-27(25)35-30(24)38)16-29(37)33-22-3-5-23(6-4-22)36-11-13-39-14-12-36/h1-10,15,17-18,34H,11-14,16H2,(H,33,37)(H,35,38). The number of hydrogen-bond donors (Lipinski definition) is 3. The molecular formula is C30H26FN5O3. The molecule has 1 saturated heterocycles. The van der Waals surface area contributed by atoms with Crippen molar-refractivity contribution < 1.29 is 18.7 Å². The molecule has 1 aromatic heterocycles. The Bertz CT molecular complexity index is 1550. The number of pyridine rings is 1. The Morgan fingerprint density at radius 1 is 0.897 bits per heavy atom. The fourth-order valence-corrected chi connectivity index (χ4v) is 4.82. The van der Waals surface area contributed by atoms with Crippen LogP contribution >= 0.6 is 0 Å². The molecule has 3 heterocycles. The van der Waals surface area contributed by atoms with E-state index in [1.54, 1.807) is 24.3 Å². The summed E-state index contributed by atoms with van der Waals surface area (Å²) in [5.74, 6) is -0.995. The van der Waals surface area contributed by atoms with Crippen LogP contribution in [0.1, 0.15) is 15.9 Å². The summed E-state index contributed by atoms with van der Waals surface area (Å²) < 4.78 is 19.0. The molecule has 2 amide bonds. The number of carbonyl (C=O) groups is 2. The van der Waals surface area contributed by atoms with Gasteiger partial charge in [0.2, 0.25) is 11.9 Å². The first-order chi connectivity index (χ1) is 19.0. The van der Waals surface area contributed by atoms with E-state index in [0.29, 0.717) is 28.2 Å². The van der Waals surface area contributed by atoms with E-state index in [1.807, 2.05) is 42.5 Å². The molecule has 3 N–H and O–H groups in total. The van der Waals surface area contributed by atoms with Crippen molar-refractivity contribution in [2.75, 3.05) is 47.2 Å². The quantitative estimate of drug-likeness (QED) is 0.311. The van der Waals surface area contributed by atoms with E-state index in [9.17, 15) is 14.0 Å². The molecule has 0 bridgehead atoms. The van der Waals surface area contributed by atoms with Crippen molar-refractivity contribution in [3.05, 3.63) is 96.1 Å². The van der Waals surface area contributed by atoms with Gasteiger partial charge in [0.1, 0.15) is 0 Å². The highest BCUT2D eigenvalue weighted by molar-refractivity contribution is 6.12. The number of anilines is 5. The lowest BCUT2D eigenvalue weighted by molar-refractivity contribution is -0.115. The van der Waals surface area contributed by atoms with Crippen LogP contribution in [0, 0.1) is 5.95 Å². The number of morpholine rings is 1. The molecule has 9 heteroatoms. The number of fused-ring (bicyclic) bond motifs is 2. The topological polar surface area (TPSA) is 95.6 Å². The van der Waals surface area contributed by atoms with Gasteiger partial charge in [-0.15, -0.1) is 0 Å². The van der Waals surface area contributed by atoms with Crippen LogP contribution in [0.25, 0.3) is 11.1 Å². The smallest absolute Gasteiger partial charge is 0.257 e. The molecule has 2 aliphatic heterocycles. The van der Waals surface area contributed by atoms with Crippen LogP contribution in [0.5, 0.6) is 0 Å². The molecule has 0 radical (unpaired) electrons. The molecule has 0 atom stereocenters. The van der Waals surface area contributed by atoms with E-state index in [1.165, 1.54) is 12.3 Å². The highest BCUT2D eigenvalue weighted by atomic mass is 19.1. The summed E-state index contributed by atoms with van der Waals surface area (Å²) in [4.78, 5) is 31.6. The lowest BCUT2D eigenvalue weighted by Crippen LogP contribution is -2.36. The Hall–Kier alpha value is -4.76. The number of ether oxygens (including phenoxy) is 1. The maximum absolute atomic E-state index is 13.6. The summed E-state index contributed by atoms with van der Waals surface area (Å²) in [5, 5.41) is 9.18. The zero-order chi connectivity index (χ0) is 26.8. The molecule has 0 aliphatic carbocycles. The van der Waals surface area contributed by atoms with Crippen LogP contribution < -0.4 is 20.9 Å². The molecule has 8 nitrogen and oxygen atoms in total. The van der Waals surface area contributed by atoms with Crippen molar-refractivity contribution in [2.45, 2.75) is 6.42 Å². The lowest BCUT2D eigenvalue weighted by atomic mass is 10.0. The second kappa shape index (κ2) is 10.5. The average molecular weight is 524 g/mol. The minimum atomic E-state index is -0.569. The van der Waals surface area contributed by atoms with E-state index in [2.05, 4.69) is 25.8 Å². The number of nitrogens with zero attached hydrogens (tertiary/aromatic N) is 2. The fourth-order valence-electron chi connectivity index (χ4n) is 4.82. The van der Waals surface area contributed by atoms with Gasteiger partial charge in [-0.1, -0.05) is 12.1 Å². The summed E-state index contributed by atoms with van der Waals surface area (Å²) in [7, 11) is 0. The monoisotopic (exact) mass is 523 g/mol. The predicted octanol–water partition coefficient (Wildman–Crippen LogP) is 5.21. The third-order valence-corrected chi connectivity index (χ3v) is 6.82. The number of nitrogens with one attached hydrogen (secondary N) is 3. The molecule has 0 spiro atoms. The van der Waals surface area contributed by atoms with Gasteiger partial charge in [-0.3, -0.25) is 9.59 Å². The van der Waals surface area contributed by atoms with Crippen molar-refractivity contribution >= 4 is 40.3 Å². The van der Waals surface area contributed by atoms with Crippen LogP contribution in [0.3, 0.4) is 0 Å². The van der Waals surface area contributed by atoms with Gasteiger partial charge in [0.25, 0.3) is 5.91 Å². The second-order valence-electron chi connectivity index (χ2n) is 9.46. The third-order valence-electron chi connectivity index (χ3n) is 6.82. The second-order valence-corrected chi connectivity index (χ2v) is 9.46. The average Bonchev–Trinajstić information content (AvgIpc) is 3.08. The number of aromatic nitrogens is 1. The van der Waals surface area contributed by atoms with E-state index in [4.69, 9.17) is 4.74 Å². The van der Waals surface area contributed by atoms with Gasteiger partial charge >= 0.3 is 0 Å². The maximum Gasteiger partial charge on any atom is 0.257 e. The Balaban J connectivity index is 1.15. The van der Waals surface area contributed by atoms with Crippen molar-refractivity contribution in [3.63, 3.8) is 0 Å². The lowest BCUT2D eigenvalue weighted by Gasteiger charge is -2.28. The van der Waals surface area contributed by atoms with Gasteiger partial charge in [0, 0.05) is 36.7 Å². The molecule has 3 aromatic carbocycles. The van der Waals surface area contributed by atoms with Gasteiger partial charge in [0.15, 0.2) is 0 Å². The van der Waals surface area contributed by atoms with Crippen molar-refractivity contribution in [1.82, 2.24) is 4.98 Å². The first-order valence-corrected chi connectivity index (χ1v) is 12.7. The Morgan fingerprint density at radius 3 is 2.49 bits per heavy atom. The molecular weight excluding hydrogens is 497 g/mol. The fraction of sp³-hybridized carbons (Fsp3) is 0.167. The number of hydrogen-bond acceptors (Lipinski definition) is 6. The van der Waals surface area contributed by atoms with E-state index < -0.39 is 5.95 Å².